The summed E-state index contributed by atoms with van der Waals surface area (Å²) in [5, 5.41) is 0. The molecule has 0 atom stereocenters. The maximum atomic E-state index is 3.53. The third-order valence-electron chi connectivity index (χ3n) is 9.96. The Morgan fingerprint density at radius 3 is 2.02 bits per heavy atom. The Balaban J connectivity index is 0.000000152. The van der Waals surface area contributed by atoms with Gasteiger partial charge in [0, 0.05) is 5.69 Å². The summed E-state index contributed by atoms with van der Waals surface area (Å²) in [6.45, 7) is 6.72. The van der Waals surface area contributed by atoms with Crippen LogP contribution in [0, 0.1) is 31.5 Å². The van der Waals surface area contributed by atoms with Crippen molar-refractivity contribution in [1.29, 1.82) is 0 Å². The second-order valence-corrected chi connectivity index (χ2v) is 13.5. The Bertz CT molecular complexity index is 2520. The third kappa shape index (κ3) is 5.46. The summed E-state index contributed by atoms with van der Waals surface area (Å²) >= 11 is 0. The van der Waals surface area contributed by atoms with Crippen LogP contribution in [0.1, 0.15) is 30.5 Å². The van der Waals surface area contributed by atoms with E-state index in [0.717, 1.165) is 45.2 Å². The van der Waals surface area contributed by atoms with Gasteiger partial charge in [-0.2, -0.15) is 72.8 Å². The number of anilines is 6. The van der Waals surface area contributed by atoms with Crippen molar-refractivity contribution in [2.75, 3.05) is 9.80 Å². The average Bonchev–Trinajstić information content (AvgIpc) is 3.57. The first-order chi connectivity index (χ1) is 25.0. The molecule has 0 spiro atoms. The van der Waals surface area contributed by atoms with Crippen molar-refractivity contribution in [3.05, 3.63) is 199 Å². The van der Waals surface area contributed by atoms with Gasteiger partial charge in [-0.3, -0.25) is 4.57 Å². The van der Waals surface area contributed by atoms with Crippen LogP contribution in [0.5, 0.6) is 0 Å². The summed E-state index contributed by atoms with van der Waals surface area (Å²) in [6.07, 6.45) is 3.44. The van der Waals surface area contributed by atoms with Gasteiger partial charge in [-0.25, -0.2) is 0 Å². The monoisotopic (exact) mass is 850 g/mol. The fourth-order valence-electron chi connectivity index (χ4n) is 7.46. The number of nitrogens with zero attached hydrogens (tertiary/aromatic N) is 4. The summed E-state index contributed by atoms with van der Waals surface area (Å²) in [7, 11) is 0. The Labute approximate surface area is 320 Å². The van der Waals surface area contributed by atoms with E-state index in [-0.39, 0.29) is 26.5 Å². The number of hydrogen-bond acceptors (Lipinski definition) is 2. The van der Waals surface area contributed by atoms with Crippen molar-refractivity contribution in [1.82, 2.24) is 4.57 Å². The van der Waals surface area contributed by atoms with Crippen LogP contribution in [0.25, 0.3) is 22.4 Å². The molecular formula is C47H35N4Pt+. The molecule has 4 nitrogen and oxygen atoms in total. The number of aromatic nitrogens is 2. The van der Waals surface area contributed by atoms with Crippen molar-refractivity contribution < 1.29 is 25.6 Å². The molecule has 52 heavy (non-hydrogen) atoms. The number of fused-ring (bicyclic) bond motifs is 5. The van der Waals surface area contributed by atoms with Crippen LogP contribution in [0.4, 0.5) is 34.1 Å². The SMILES string of the molecule is CC1(C)c2ccc[c-]c2N2c3[c-]cccc3N(c3ccccc3)c3cccc1c32.Cc1ccc(-[n+]2[c-]n(-c3[c-]cccc3)c3ccccc32)cc1.[Pt+4]. The number of imidazole rings is 1. The topological polar surface area (TPSA) is 15.3 Å². The standard InChI is InChI=1S/C27H20N2.C20H15N2.Pt/c1-27(2)20-13-6-7-15-22(20)29-24-17-9-8-16-23(24)28(19-11-4-3-5-12-19)25-18-10-14-21(27)26(25)29;1-16-11-13-18(14-12-16)22-15-21(17-7-3-2-4-8-17)19-9-5-6-10-20(19)22;/h3-14,16,18H,1-2H3;2-7,9-14H,1H3;/q-2;-1;+4. The van der Waals surface area contributed by atoms with E-state index < -0.39 is 0 Å². The van der Waals surface area contributed by atoms with Gasteiger partial charge in [0.15, 0.2) is 0 Å². The molecule has 8 aromatic rings. The molecule has 0 fully saturated rings. The van der Waals surface area contributed by atoms with Crippen molar-refractivity contribution >= 4 is 45.2 Å². The number of rotatable bonds is 3. The van der Waals surface area contributed by atoms with Gasteiger partial charge in [-0.15, -0.1) is 11.6 Å². The van der Waals surface area contributed by atoms with E-state index in [0.29, 0.717) is 0 Å². The van der Waals surface area contributed by atoms with Gasteiger partial charge in [0.25, 0.3) is 6.33 Å². The molecule has 0 aliphatic carbocycles. The van der Waals surface area contributed by atoms with Crippen molar-refractivity contribution in [2.45, 2.75) is 26.2 Å². The molecule has 0 N–H and O–H groups in total. The van der Waals surface area contributed by atoms with Crippen molar-refractivity contribution in [2.24, 2.45) is 0 Å². The predicted octanol–water partition coefficient (Wildman–Crippen LogP) is 11.0. The zero-order valence-corrected chi connectivity index (χ0v) is 31.4. The zero-order chi connectivity index (χ0) is 34.5. The van der Waals surface area contributed by atoms with E-state index in [1.807, 2.05) is 36.4 Å². The van der Waals surface area contributed by atoms with Crippen LogP contribution in [0.3, 0.4) is 0 Å². The van der Waals surface area contributed by atoms with Gasteiger partial charge in [0.2, 0.25) is 0 Å². The molecule has 0 amide bonds. The third-order valence-corrected chi connectivity index (χ3v) is 9.96. The normalized spacial score (nSPS) is 13.2. The van der Waals surface area contributed by atoms with Gasteiger partial charge in [-0.05, 0) is 65.3 Å². The van der Waals surface area contributed by atoms with Crippen LogP contribution in [0.15, 0.2) is 158 Å². The summed E-state index contributed by atoms with van der Waals surface area (Å²) in [5.74, 6) is 0. The largest absolute Gasteiger partial charge is 4.00 e. The van der Waals surface area contributed by atoms with Gasteiger partial charge < -0.3 is 14.4 Å². The van der Waals surface area contributed by atoms with E-state index >= 15 is 0 Å². The minimum absolute atomic E-state index is 0. The summed E-state index contributed by atoms with van der Waals surface area (Å²) < 4.78 is 4.14. The number of aryl methyl sites for hydroxylation is 1. The molecule has 0 saturated heterocycles. The Morgan fingerprint density at radius 1 is 0.558 bits per heavy atom. The van der Waals surface area contributed by atoms with Crippen LogP contribution < -0.4 is 14.4 Å². The molecule has 2 aliphatic heterocycles. The maximum absolute atomic E-state index is 3.53. The van der Waals surface area contributed by atoms with E-state index in [1.165, 1.54) is 28.1 Å². The quantitative estimate of drug-likeness (QED) is 0.130. The first-order valence-corrected chi connectivity index (χ1v) is 17.3. The van der Waals surface area contributed by atoms with Crippen LogP contribution in [0.2, 0.25) is 0 Å². The van der Waals surface area contributed by atoms with E-state index in [4.69, 9.17) is 0 Å². The molecule has 252 valence electrons. The van der Waals surface area contributed by atoms with E-state index in [2.05, 4.69) is 186 Å². The average molecular weight is 851 g/mol. The van der Waals surface area contributed by atoms with E-state index in [1.54, 1.807) is 0 Å². The van der Waals surface area contributed by atoms with Gasteiger partial charge >= 0.3 is 21.1 Å². The number of hydrogen-bond donors (Lipinski definition) is 0. The van der Waals surface area contributed by atoms with Crippen molar-refractivity contribution in [3.63, 3.8) is 0 Å². The molecule has 0 saturated carbocycles. The Morgan fingerprint density at radius 2 is 1.23 bits per heavy atom. The molecule has 0 unspecified atom stereocenters. The van der Waals surface area contributed by atoms with E-state index in [9.17, 15) is 0 Å². The molecule has 1 aromatic heterocycles. The summed E-state index contributed by atoms with van der Waals surface area (Å²) in [4.78, 5) is 4.70. The molecular weight excluding hydrogens is 816 g/mol. The summed E-state index contributed by atoms with van der Waals surface area (Å²) in [6, 6.07) is 64.9. The fourth-order valence-corrected chi connectivity index (χ4v) is 7.46. The van der Waals surface area contributed by atoms with Gasteiger partial charge in [0.05, 0.1) is 28.1 Å². The molecule has 0 bridgehead atoms. The second kappa shape index (κ2) is 13.4. The second-order valence-electron chi connectivity index (χ2n) is 13.5. The molecule has 10 rings (SSSR count). The number of benzene rings is 7. The van der Waals surface area contributed by atoms with Crippen LogP contribution in [-0.2, 0) is 26.5 Å². The molecule has 5 heteroatoms. The molecule has 7 aromatic carbocycles. The smallest absolute Gasteiger partial charge is 0.362 e. The van der Waals surface area contributed by atoms with Gasteiger partial charge in [-0.1, -0.05) is 91.8 Å². The van der Waals surface area contributed by atoms with Gasteiger partial charge in [0.1, 0.15) is 0 Å². The Hall–Kier alpha value is -5.70. The fraction of sp³-hybridized carbons (Fsp3) is 0.0851. The molecule has 0 radical (unpaired) electrons. The minimum Gasteiger partial charge on any atom is -0.362 e. The maximum Gasteiger partial charge on any atom is 4.00 e. The Kier molecular flexibility index (Phi) is 8.65. The number of para-hydroxylation sites is 7. The first-order valence-electron chi connectivity index (χ1n) is 17.3. The predicted molar refractivity (Wildman–Crippen MR) is 206 cm³/mol. The molecule has 3 heterocycles. The zero-order valence-electron chi connectivity index (χ0n) is 29.1. The summed E-state index contributed by atoms with van der Waals surface area (Å²) in [5.41, 5.74) is 15.0. The minimum atomic E-state index is -0.108. The van der Waals surface area contributed by atoms with Crippen molar-refractivity contribution in [3.8, 4) is 11.4 Å². The first kappa shape index (κ1) is 33.4. The molecule has 2 aliphatic rings. The van der Waals surface area contributed by atoms with Crippen LogP contribution >= 0.6 is 0 Å². The van der Waals surface area contributed by atoms with Crippen LogP contribution in [-0.4, -0.2) is 4.57 Å².